The molecular weight excluding hydrogens is 354 g/mol. The minimum absolute atomic E-state index is 0.133. The average molecular weight is 373 g/mol. The third-order valence-electron chi connectivity index (χ3n) is 5.01. The van der Waals surface area contributed by atoms with Gasteiger partial charge in [-0.2, -0.15) is 0 Å². The molecule has 1 aliphatic carbocycles. The van der Waals surface area contributed by atoms with Crippen molar-refractivity contribution in [2.24, 2.45) is 0 Å². The molecule has 1 unspecified atom stereocenters. The van der Waals surface area contributed by atoms with Crippen LogP contribution >= 0.6 is 11.8 Å². The van der Waals surface area contributed by atoms with Crippen LogP contribution in [0.4, 0.5) is 5.82 Å². The van der Waals surface area contributed by atoms with Crippen LogP contribution in [0, 0.1) is 0 Å². The zero-order chi connectivity index (χ0) is 18.3. The summed E-state index contributed by atoms with van der Waals surface area (Å²) in [6.45, 7) is 0. The number of benzene rings is 1. The molecule has 4 rings (SSSR count). The molecule has 2 heterocycles. The first kappa shape index (κ1) is 17.0. The van der Waals surface area contributed by atoms with Crippen molar-refractivity contribution in [3.8, 4) is 0 Å². The summed E-state index contributed by atoms with van der Waals surface area (Å²) in [5.41, 5.74) is 1.34. The molecule has 136 valence electrons. The van der Waals surface area contributed by atoms with E-state index in [0.717, 1.165) is 31.2 Å². The second kappa shape index (κ2) is 6.68. The Balaban J connectivity index is 1.79. The maximum absolute atomic E-state index is 12.7. The van der Waals surface area contributed by atoms with Crippen LogP contribution in [-0.4, -0.2) is 32.5 Å². The third-order valence-corrected chi connectivity index (χ3v) is 6.28. The van der Waals surface area contributed by atoms with Crippen LogP contribution < -0.4 is 10.9 Å². The van der Waals surface area contributed by atoms with E-state index in [1.165, 1.54) is 23.9 Å². The predicted octanol–water partition coefficient (Wildman–Crippen LogP) is 2.76. The highest BCUT2D eigenvalue weighted by molar-refractivity contribution is 8.00. The van der Waals surface area contributed by atoms with Crippen LogP contribution in [0.5, 0.6) is 0 Å². The van der Waals surface area contributed by atoms with Crippen LogP contribution in [0.15, 0.2) is 29.1 Å². The molecule has 1 aliphatic heterocycles. The van der Waals surface area contributed by atoms with Crippen molar-refractivity contribution in [2.45, 2.75) is 37.0 Å². The number of aromatic carboxylic acids is 1. The number of fused-ring (bicyclic) bond motifs is 1. The Kier molecular flexibility index (Phi) is 4.36. The lowest BCUT2D eigenvalue weighted by Gasteiger charge is -2.16. The summed E-state index contributed by atoms with van der Waals surface area (Å²) in [4.78, 5) is 36.0. The number of nitrogens with one attached hydrogen (secondary N) is 2. The van der Waals surface area contributed by atoms with E-state index >= 15 is 0 Å². The van der Waals surface area contributed by atoms with Gasteiger partial charge in [-0.05, 0) is 30.5 Å². The van der Waals surface area contributed by atoms with Crippen molar-refractivity contribution in [1.29, 1.82) is 0 Å². The first-order valence-corrected chi connectivity index (χ1v) is 9.68. The Morgan fingerprint density at radius 3 is 2.50 bits per heavy atom. The van der Waals surface area contributed by atoms with Crippen molar-refractivity contribution in [2.75, 3.05) is 11.1 Å². The molecular formula is C18H19N3O4S. The number of aromatic amines is 1. The fourth-order valence-electron chi connectivity index (χ4n) is 3.74. The number of amides is 1. The molecule has 1 amide bonds. The van der Waals surface area contributed by atoms with Crippen LogP contribution in [0.1, 0.15) is 58.5 Å². The van der Waals surface area contributed by atoms with E-state index in [9.17, 15) is 14.4 Å². The monoisotopic (exact) mass is 373 g/mol. The number of hydrogen-bond acceptors (Lipinski definition) is 4. The molecule has 1 fully saturated rings. The number of carboxylic acid groups (broad SMARTS) is 1. The molecule has 1 saturated carbocycles. The number of carbonyl (C=O) groups is 2. The summed E-state index contributed by atoms with van der Waals surface area (Å²) in [6, 6.07) is 6.69. The zero-order valence-corrected chi connectivity index (χ0v) is 14.8. The van der Waals surface area contributed by atoms with Crippen LogP contribution in [-0.2, 0) is 4.79 Å². The zero-order valence-electron chi connectivity index (χ0n) is 14.0. The fourth-order valence-corrected chi connectivity index (χ4v) is 4.87. The standard InChI is InChI=1S/C18H19N3O4S/c22-13-9-26-15(10-5-7-11(8-6-10)18(24)25)14-16(19-13)21(20-17(14)23)12-3-1-2-4-12/h5-8,12,15H,1-4,9H2,(H,19,22)(H,20,23)(H,24,25). The maximum atomic E-state index is 12.7. The Labute approximate surface area is 153 Å². The number of carbonyl (C=O) groups excluding carboxylic acids is 1. The van der Waals surface area contributed by atoms with Gasteiger partial charge < -0.3 is 10.4 Å². The molecule has 8 heteroatoms. The van der Waals surface area contributed by atoms with E-state index in [1.807, 2.05) is 4.68 Å². The summed E-state index contributed by atoms with van der Waals surface area (Å²) >= 11 is 1.38. The summed E-state index contributed by atoms with van der Waals surface area (Å²) in [7, 11) is 0. The van der Waals surface area contributed by atoms with Gasteiger partial charge in [0.1, 0.15) is 5.82 Å². The SMILES string of the molecule is O=C1CSC(c2ccc(C(=O)O)cc2)c2c(n(C3CCCC3)[nH]c2=O)N1. The van der Waals surface area contributed by atoms with E-state index in [1.54, 1.807) is 12.1 Å². The summed E-state index contributed by atoms with van der Waals surface area (Å²) in [5, 5.41) is 14.6. The Morgan fingerprint density at radius 2 is 1.85 bits per heavy atom. The average Bonchev–Trinajstić information content (AvgIpc) is 3.21. The molecule has 1 aromatic carbocycles. The third kappa shape index (κ3) is 2.94. The quantitative estimate of drug-likeness (QED) is 0.767. The fraction of sp³-hybridized carbons (Fsp3) is 0.389. The molecule has 0 radical (unpaired) electrons. The van der Waals surface area contributed by atoms with Crippen molar-refractivity contribution in [3.63, 3.8) is 0 Å². The molecule has 2 aromatic rings. The van der Waals surface area contributed by atoms with Crippen LogP contribution in [0.25, 0.3) is 0 Å². The van der Waals surface area contributed by atoms with Gasteiger partial charge in [-0.3, -0.25) is 19.4 Å². The first-order valence-electron chi connectivity index (χ1n) is 8.63. The topological polar surface area (TPSA) is 104 Å². The van der Waals surface area contributed by atoms with E-state index in [-0.39, 0.29) is 34.1 Å². The molecule has 3 N–H and O–H groups in total. The smallest absolute Gasteiger partial charge is 0.335 e. The van der Waals surface area contributed by atoms with Gasteiger partial charge in [0.2, 0.25) is 5.91 Å². The van der Waals surface area contributed by atoms with Gasteiger partial charge in [-0.1, -0.05) is 25.0 Å². The van der Waals surface area contributed by atoms with Crippen LogP contribution in [0.3, 0.4) is 0 Å². The number of aromatic nitrogens is 2. The summed E-state index contributed by atoms with van der Waals surface area (Å²) < 4.78 is 1.83. The maximum Gasteiger partial charge on any atom is 0.335 e. The molecule has 0 spiro atoms. The predicted molar refractivity (Wildman–Crippen MR) is 98.9 cm³/mol. The lowest BCUT2D eigenvalue weighted by atomic mass is 10.0. The second-order valence-electron chi connectivity index (χ2n) is 6.68. The minimum Gasteiger partial charge on any atom is -0.478 e. The largest absolute Gasteiger partial charge is 0.478 e. The van der Waals surface area contributed by atoms with E-state index in [0.29, 0.717) is 11.4 Å². The molecule has 1 aromatic heterocycles. The van der Waals surface area contributed by atoms with Gasteiger partial charge in [0, 0.05) is 0 Å². The molecule has 2 aliphatic rings. The molecule has 7 nitrogen and oxygen atoms in total. The van der Waals surface area contributed by atoms with Gasteiger partial charge in [0.25, 0.3) is 5.56 Å². The normalized spacial score (nSPS) is 20.5. The number of rotatable bonds is 3. The molecule has 1 atom stereocenters. The van der Waals surface area contributed by atoms with E-state index in [2.05, 4.69) is 10.4 Å². The van der Waals surface area contributed by atoms with Crippen LogP contribution in [0.2, 0.25) is 0 Å². The Hall–Kier alpha value is -2.48. The van der Waals surface area contributed by atoms with Crippen molar-refractivity contribution < 1.29 is 14.7 Å². The van der Waals surface area contributed by atoms with Crippen molar-refractivity contribution >= 4 is 29.5 Å². The van der Waals surface area contributed by atoms with Crippen molar-refractivity contribution in [1.82, 2.24) is 9.78 Å². The minimum atomic E-state index is -0.993. The Bertz CT molecular complexity index is 910. The second-order valence-corrected chi connectivity index (χ2v) is 7.77. The molecule has 0 saturated heterocycles. The van der Waals surface area contributed by atoms with Gasteiger partial charge in [0.15, 0.2) is 0 Å². The number of H-pyrrole nitrogens is 1. The highest BCUT2D eigenvalue weighted by atomic mass is 32.2. The first-order chi connectivity index (χ1) is 12.5. The number of hydrogen-bond donors (Lipinski definition) is 3. The molecule has 26 heavy (non-hydrogen) atoms. The highest BCUT2D eigenvalue weighted by Gasteiger charge is 2.32. The van der Waals surface area contributed by atoms with Gasteiger partial charge in [0.05, 0.1) is 28.2 Å². The number of carboxylic acids is 1. The Morgan fingerprint density at radius 1 is 1.15 bits per heavy atom. The number of anilines is 1. The van der Waals surface area contributed by atoms with E-state index < -0.39 is 5.97 Å². The molecule has 0 bridgehead atoms. The lowest BCUT2D eigenvalue weighted by Crippen LogP contribution is -2.18. The van der Waals surface area contributed by atoms with Crippen molar-refractivity contribution in [3.05, 3.63) is 51.3 Å². The number of nitrogens with zero attached hydrogens (tertiary/aromatic N) is 1. The lowest BCUT2D eigenvalue weighted by molar-refractivity contribution is -0.113. The van der Waals surface area contributed by atoms with Gasteiger partial charge in [-0.15, -0.1) is 11.8 Å². The summed E-state index contributed by atoms with van der Waals surface area (Å²) in [5.74, 6) is -0.326. The van der Waals surface area contributed by atoms with Gasteiger partial charge >= 0.3 is 5.97 Å². The van der Waals surface area contributed by atoms with Gasteiger partial charge in [-0.25, -0.2) is 4.79 Å². The highest BCUT2D eigenvalue weighted by Crippen LogP contribution is 2.41. The van der Waals surface area contributed by atoms with E-state index in [4.69, 9.17) is 5.11 Å². The number of thioether (sulfide) groups is 1. The summed E-state index contributed by atoms with van der Waals surface area (Å²) in [6.07, 6.45) is 4.20.